The van der Waals surface area contributed by atoms with Gasteiger partial charge in [-0.1, -0.05) is 37.5 Å². The largest absolute Gasteiger partial charge is 0.496 e. The zero-order valence-electron chi connectivity index (χ0n) is 12.0. The molecular formula is C16H25NOS. The summed E-state index contributed by atoms with van der Waals surface area (Å²) in [5.41, 5.74) is 7.48. The van der Waals surface area contributed by atoms with Crippen LogP contribution in [0.4, 0.5) is 0 Å². The number of rotatable bonds is 5. The van der Waals surface area contributed by atoms with Crippen molar-refractivity contribution in [1.82, 2.24) is 0 Å². The van der Waals surface area contributed by atoms with E-state index in [1.807, 2.05) is 12.1 Å². The molecule has 3 heteroatoms. The monoisotopic (exact) mass is 279 g/mol. The average Bonchev–Trinajstić information content (AvgIpc) is 2.45. The first-order chi connectivity index (χ1) is 9.22. The van der Waals surface area contributed by atoms with Crippen LogP contribution in [0.5, 0.6) is 5.75 Å². The lowest BCUT2D eigenvalue weighted by atomic mass is 10.0. The van der Waals surface area contributed by atoms with Gasteiger partial charge < -0.3 is 10.5 Å². The quantitative estimate of drug-likeness (QED) is 0.879. The Hall–Kier alpha value is -0.670. The first kappa shape index (κ1) is 14.7. The number of thioether (sulfide) groups is 1. The maximum atomic E-state index is 6.23. The second-order valence-electron chi connectivity index (χ2n) is 5.42. The highest BCUT2D eigenvalue weighted by Gasteiger charge is 2.25. The molecule has 2 rings (SSSR count). The van der Waals surface area contributed by atoms with Crippen LogP contribution >= 0.6 is 11.8 Å². The zero-order valence-corrected chi connectivity index (χ0v) is 12.8. The van der Waals surface area contributed by atoms with Gasteiger partial charge in [0.2, 0.25) is 0 Å². The van der Waals surface area contributed by atoms with Gasteiger partial charge in [-0.05, 0) is 25.8 Å². The minimum atomic E-state index is 0.142. The lowest BCUT2D eigenvalue weighted by Gasteiger charge is -2.29. The smallest absolute Gasteiger partial charge is 0.123 e. The fourth-order valence-electron chi connectivity index (χ4n) is 2.79. The van der Waals surface area contributed by atoms with Crippen molar-refractivity contribution in [2.45, 2.75) is 55.6 Å². The van der Waals surface area contributed by atoms with Crippen LogP contribution in [0, 0.1) is 0 Å². The molecule has 1 fully saturated rings. The molecule has 0 amide bonds. The van der Waals surface area contributed by atoms with Gasteiger partial charge >= 0.3 is 0 Å². The molecule has 1 saturated carbocycles. The number of ether oxygens (including phenoxy) is 1. The Bertz CT molecular complexity index is 388. The van der Waals surface area contributed by atoms with Gasteiger partial charge in [-0.15, -0.1) is 11.8 Å². The SMILES string of the molecule is COc1ccccc1C(SC1CCCCC1)C(C)N. The second-order valence-corrected chi connectivity index (χ2v) is 6.86. The molecule has 0 aromatic heterocycles. The summed E-state index contributed by atoms with van der Waals surface area (Å²) in [6.45, 7) is 2.10. The van der Waals surface area contributed by atoms with Crippen molar-refractivity contribution >= 4 is 11.8 Å². The summed E-state index contributed by atoms with van der Waals surface area (Å²) in [5, 5.41) is 1.09. The normalized spacial score (nSPS) is 19.9. The van der Waals surface area contributed by atoms with Crippen LogP contribution in [0.15, 0.2) is 24.3 Å². The molecular weight excluding hydrogens is 254 g/mol. The van der Waals surface area contributed by atoms with Crippen LogP contribution < -0.4 is 10.5 Å². The van der Waals surface area contributed by atoms with E-state index in [2.05, 4.69) is 30.8 Å². The highest BCUT2D eigenvalue weighted by Crippen LogP contribution is 2.42. The molecule has 0 spiro atoms. The van der Waals surface area contributed by atoms with E-state index in [1.165, 1.54) is 37.7 Å². The van der Waals surface area contributed by atoms with E-state index in [0.29, 0.717) is 5.25 Å². The minimum absolute atomic E-state index is 0.142. The Labute approximate surface area is 121 Å². The van der Waals surface area contributed by atoms with Crippen LogP contribution in [-0.4, -0.2) is 18.4 Å². The second kappa shape index (κ2) is 7.20. The third-order valence-electron chi connectivity index (χ3n) is 3.81. The van der Waals surface area contributed by atoms with Crippen molar-refractivity contribution < 1.29 is 4.74 Å². The molecule has 2 N–H and O–H groups in total. The Kier molecular flexibility index (Phi) is 5.59. The fourth-order valence-corrected chi connectivity index (χ4v) is 4.40. The summed E-state index contributed by atoms with van der Waals surface area (Å²) >= 11 is 2.05. The van der Waals surface area contributed by atoms with Gasteiger partial charge in [-0.25, -0.2) is 0 Å². The van der Waals surface area contributed by atoms with Crippen molar-refractivity contribution in [3.8, 4) is 5.75 Å². The molecule has 106 valence electrons. The van der Waals surface area contributed by atoms with E-state index in [1.54, 1.807) is 7.11 Å². The summed E-state index contributed by atoms with van der Waals surface area (Å²) < 4.78 is 5.50. The Morgan fingerprint density at radius 1 is 1.21 bits per heavy atom. The van der Waals surface area contributed by atoms with Crippen LogP contribution in [0.2, 0.25) is 0 Å². The summed E-state index contributed by atoms with van der Waals surface area (Å²) in [4.78, 5) is 0. The fraction of sp³-hybridized carbons (Fsp3) is 0.625. The van der Waals surface area contributed by atoms with Gasteiger partial charge in [-0.3, -0.25) is 0 Å². The summed E-state index contributed by atoms with van der Waals surface area (Å²) in [6, 6.07) is 8.43. The molecule has 0 radical (unpaired) electrons. The molecule has 19 heavy (non-hydrogen) atoms. The molecule has 0 heterocycles. The van der Waals surface area contributed by atoms with E-state index in [0.717, 1.165) is 11.0 Å². The van der Waals surface area contributed by atoms with Gasteiger partial charge in [0.15, 0.2) is 0 Å². The van der Waals surface area contributed by atoms with E-state index >= 15 is 0 Å². The average molecular weight is 279 g/mol. The molecule has 2 atom stereocenters. The van der Waals surface area contributed by atoms with Crippen LogP contribution in [0.1, 0.15) is 49.8 Å². The minimum Gasteiger partial charge on any atom is -0.496 e. The summed E-state index contributed by atoms with van der Waals surface area (Å²) in [7, 11) is 1.74. The summed E-state index contributed by atoms with van der Waals surface area (Å²) in [6.07, 6.45) is 6.81. The van der Waals surface area contributed by atoms with E-state index < -0.39 is 0 Å². The Morgan fingerprint density at radius 3 is 2.53 bits per heavy atom. The van der Waals surface area contributed by atoms with Crippen LogP contribution in [0.25, 0.3) is 0 Å². The predicted molar refractivity (Wildman–Crippen MR) is 83.8 cm³/mol. The Morgan fingerprint density at radius 2 is 1.89 bits per heavy atom. The highest BCUT2D eigenvalue weighted by atomic mass is 32.2. The first-order valence-corrected chi connectivity index (χ1v) is 8.20. The van der Waals surface area contributed by atoms with Crippen LogP contribution in [-0.2, 0) is 0 Å². The number of hydrogen-bond donors (Lipinski definition) is 1. The molecule has 0 aliphatic heterocycles. The van der Waals surface area contributed by atoms with E-state index in [4.69, 9.17) is 10.5 Å². The lowest BCUT2D eigenvalue weighted by Crippen LogP contribution is -2.25. The Balaban J connectivity index is 2.14. The van der Waals surface area contributed by atoms with Crippen molar-refractivity contribution in [2.24, 2.45) is 5.73 Å². The third kappa shape index (κ3) is 3.90. The van der Waals surface area contributed by atoms with E-state index in [9.17, 15) is 0 Å². The van der Waals surface area contributed by atoms with Gasteiger partial charge in [0.1, 0.15) is 5.75 Å². The first-order valence-electron chi connectivity index (χ1n) is 7.26. The molecule has 1 aromatic carbocycles. The molecule has 1 aromatic rings. The zero-order chi connectivity index (χ0) is 13.7. The third-order valence-corrected chi connectivity index (χ3v) is 5.65. The standard InChI is InChI=1S/C16H25NOS/c1-12(17)16(19-13-8-4-3-5-9-13)14-10-6-7-11-15(14)18-2/h6-7,10-13,16H,3-5,8-9,17H2,1-2H3. The maximum absolute atomic E-state index is 6.23. The van der Waals surface area contributed by atoms with Crippen molar-refractivity contribution in [3.63, 3.8) is 0 Å². The van der Waals surface area contributed by atoms with E-state index in [-0.39, 0.29) is 6.04 Å². The molecule has 0 bridgehead atoms. The predicted octanol–water partition coefficient (Wildman–Crippen LogP) is 4.15. The number of hydrogen-bond acceptors (Lipinski definition) is 3. The molecule has 2 nitrogen and oxygen atoms in total. The van der Waals surface area contributed by atoms with Crippen molar-refractivity contribution in [2.75, 3.05) is 7.11 Å². The van der Waals surface area contributed by atoms with Gasteiger partial charge in [0.25, 0.3) is 0 Å². The number of para-hydroxylation sites is 1. The molecule has 0 saturated heterocycles. The van der Waals surface area contributed by atoms with Gasteiger partial charge in [0.05, 0.1) is 7.11 Å². The van der Waals surface area contributed by atoms with Crippen molar-refractivity contribution in [1.29, 1.82) is 0 Å². The maximum Gasteiger partial charge on any atom is 0.123 e. The van der Waals surface area contributed by atoms with Gasteiger partial charge in [0, 0.05) is 22.1 Å². The van der Waals surface area contributed by atoms with Gasteiger partial charge in [-0.2, -0.15) is 0 Å². The number of methoxy groups -OCH3 is 1. The molecule has 2 unspecified atom stereocenters. The topological polar surface area (TPSA) is 35.2 Å². The van der Waals surface area contributed by atoms with Crippen molar-refractivity contribution in [3.05, 3.63) is 29.8 Å². The molecule has 1 aliphatic rings. The number of nitrogens with two attached hydrogens (primary N) is 1. The molecule has 1 aliphatic carbocycles. The van der Waals surface area contributed by atoms with Crippen LogP contribution in [0.3, 0.4) is 0 Å². The highest BCUT2D eigenvalue weighted by molar-refractivity contribution is 8.00. The lowest BCUT2D eigenvalue weighted by molar-refractivity contribution is 0.407. The number of benzene rings is 1. The summed E-state index contributed by atoms with van der Waals surface area (Å²) in [5.74, 6) is 0.966.